The molecular weight excluding hydrogens is 248 g/mol. The van der Waals surface area contributed by atoms with Gasteiger partial charge in [0.2, 0.25) is 0 Å². The van der Waals surface area contributed by atoms with Gasteiger partial charge in [0, 0.05) is 12.1 Å². The maximum atomic E-state index is 9.47. The third kappa shape index (κ3) is 1.94. The van der Waals surface area contributed by atoms with E-state index < -0.39 is 6.10 Å². The highest BCUT2D eigenvalue weighted by Crippen LogP contribution is 2.38. The maximum absolute atomic E-state index is 9.47. The predicted molar refractivity (Wildman–Crippen MR) is 53.8 cm³/mol. The summed E-state index contributed by atoms with van der Waals surface area (Å²) in [6, 6.07) is 0. The van der Waals surface area contributed by atoms with E-state index in [1.807, 2.05) is 0 Å². The topological polar surface area (TPSA) is 66.2 Å². The third-order valence-corrected chi connectivity index (χ3v) is 2.83. The molecule has 1 aliphatic carbocycles. The first-order valence-electron chi connectivity index (χ1n) is 4.53. The Morgan fingerprint density at radius 1 is 1.57 bits per heavy atom. The quantitative estimate of drug-likeness (QED) is 0.854. The van der Waals surface area contributed by atoms with Gasteiger partial charge in [-0.3, -0.25) is 0 Å². The number of hydrogen-bond donors (Lipinski definition) is 2. The second-order valence-corrected chi connectivity index (χ2v) is 4.29. The van der Waals surface area contributed by atoms with E-state index in [0.29, 0.717) is 16.1 Å². The van der Waals surface area contributed by atoms with Crippen LogP contribution in [0.15, 0.2) is 10.7 Å². The molecule has 1 aromatic heterocycles. The Balaban J connectivity index is 2.31. The van der Waals surface area contributed by atoms with Crippen LogP contribution < -0.4 is 0 Å². The van der Waals surface area contributed by atoms with Gasteiger partial charge in [0.05, 0.1) is 16.8 Å². The molecule has 4 nitrogen and oxygen atoms in total. The van der Waals surface area contributed by atoms with Crippen LogP contribution in [0.2, 0.25) is 0 Å². The van der Waals surface area contributed by atoms with Gasteiger partial charge in [-0.05, 0) is 28.8 Å². The van der Waals surface area contributed by atoms with Gasteiger partial charge in [-0.15, -0.1) is 0 Å². The molecular formula is C9H11BrN2O2. The van der Waals surface area contributed by atoms with Crippen LogP contribution in [0.3, 0.4) is 0 Å². The summed E-state index contributed by atoms with van der Waals surface area (Å²) >= 11 is 3.25. The van der Waals surface area contributed by atoms with Crippen molar-refractivity contribution in [3.8, 4) is 0 Å². The minimum Gasteiger partial charge on any atom is -0.393 e. The van der Waals surface area contributed by atoms with Crippen LogP contribution in [-0.4, -0.2) is 26.8 Å². The molecule has 1 fully saturated rings. The van der Waals surface area contributed by atoms with E-state index in [1.54, 1.807) is 6.20 Å². The van der Waals surface area contributed by atoms with Crippen LogP contribution in [0, 0.1) is 0 Å². The Morgan fingerprint density at radius 3 is 2.86 bits per heavy atom. The average Bonchev–Trinajstić information content (AvgIpc) is 3.01. The standard InChI is InChI=1S/C9H11BrN2O2/c10-6-3-11-9(5-1-2-5)12-8(6)7(14)4-13/h3,5,7,13-14H,1-2,4H2. The smallest absolute Gasteiger partial charge is 0.131 e. The zero-order chi connectivity index (χ0) is 10.1. The number of halogens is 1. The summed E-state index contributed by atoms with van der Waals surface area (Å²) in [5.74, 6) is 1.23. The molecule has 76 valence electrons. The molecule has 1 atom stereocenters. The first-order chi connectivity index (χ1) is 6.72. The lowest BCUT2D eigenvalue weighted by molar-refractivity contribution is 0.0913. The van der Waals surface area contributed by atoms with Crippen molar-refractivity contribution >= 4 is 15.9 Å². The van der Waals surface area contributed by atoms with Crippen LogP contribution in [-0.2, 0) is 0 Å². The van der Waals surface area contributed by atoms with Crippen molar-refractivity contribution in [3.63, 3.8) is 0 Å². The van der Waals surface area contributed by atoms with Gasteiger partial charge in [0.25, 0.3) is 0 Å². The second kappa shape index (κ2) is 3.92. The molecule has 1 unspecified atom stereocenters. The van der Waals surface area contributed by atoms with Gasteiger partial charge in [0.15, 0.2) is 0 Å². The molecule has 0 saturated heterocycles. The monoisotopic (exact) mass is 258 g/mol. The summed E-state index contributed by atoms with van der Waals surface area (Å²) in [5.41, 5.74) is 0.476. The number of aliphatic hydroxyl groups is 2. The van der Waals surface area contributed by atoms with Crippen molar-refractivity contribution in [2.45, 2.75) is 24.9 Å². The molecule has 0 aromatic carbocycles. The zero-order valence-corrected chi connectivity index (χ0v) is 9.11. The van der Waals surface area contributed by atoms with Crippen LogP contribution in [0.4, 0.5) is 0 Å². The van der Waals surface area contributed by atoms with Crippen LogP contribution in [0.5, 0.6) is 0 Å². The molecule has 0 spiro atoms. The van der Waals surface area contributed by atoms with Crippen LogP contribution in [0.25, 0.3) is 0 Å². The highest BCUT2D eigenvalue weighted by molar-refractivity contribution is 9.10. The lowest BCUT2D eigenvalue weighted by atomic mass is 10.2. The van der Waals surface area contributed by atoms with Gasteiger partial charge in [-0.1, -0.05) is 0 Å². The summed E-state index contributed by atoms with van der Waals surface area (Å²) in [6.45, 7) is -0.320. The van der Waals surface area contributed by atoms with E-state index in [1.165, 1.54) is 0 Å². The molecule has 0 radical (unpaired) electrons. The van der Waals surface area contributed by atoms with E-state index in [-0.39, 0.29) is 6.61 Å². The Bertz CT molecular complexity index is 342. The molecule has 1 aromatic rings. The molecule has 2 N–H and O–H groups in total. The molecule has 2 rings (SSSR count). The molecule has 1 aliphatic rings. The number of nitrogens with zero attached hydrogens (tertiary/aromatic N) is 2. The molecule has 5 heteroatoms. The lowest BCUT2D eigenvalue weighted by Gasteiger charge is -2.09. The van der Waals surface area contributed by atoms with E-state index in [0.717, 1.165) is 18.7 Å². The minimum absolute atomic E-state index is 0.320. The normalized spacial score (nSPS) is 18.2. The van der Waals surface area contributed by atoms with E-state index >= 15 is 0 Å². The molecule has 0 amide bonds. The fourth-order valence-electron chi connectivity index (χ4n) is 1.25. The zero-order valence-electron chi connectivity index (χ0n) is 7.52. The third-order valence-electron chi connectivity index (χ3n) is 2.22. The van der Waals surface area contributed by atoms with Gasteiger partial charge in [-0.25, -0.2) is 9.97 Å². The van der Waals surface area contributed by atoms with Crippen molar-refractivity contribution in [1.82, 2.24) is 9.97 Å². The molecule has 1 heterocycles. The average molecular weight is 259 g/mol. The number of hydrogen-bond acceptors (Lipinski definition) is 4. The van der Waals surface area contributed by atoms with Crippen molar-refractivity contribution < 1.29 is 10.2 Å². The SMILES string of the molecule is OCC(O)c1nc(C2CC2)ncc1Br. The van der Waals surface area contributed by atoms with Crippen molar-refractivity contribution in [3.05, 3.63) is 22.2 Å². The van der Waals surface area contributed by atoms with E-state index in [2.05, 4.69) is 25.9 Å². The Kier molecular flexibility index (Phi) is 2.80. The summed E-state index contributed by atoms with van der Waals surface area (Å²) in [7, 11) is 0. The van der Waals surface area contributed by atoms with Gasteiger partial charge in [0.1, 0.15) is 11.9 Å². The van der Waals surface area contributed by atoms with E-state index in [4.69, 9.17) is 5.11 Å². The predicted octanol–water partition coefficient (Wildman–Crippen LogP) is 1.14. The van der Waals surface area contributed by atoms with Crippen LogP contribution in [0.1, 0.15) is 36.4 Å². The number of aliphatic hydroxyl groups excluding tert-OH is 2. The van der Waals surface area contributed by atoms with Gasteiger partial charge in [-0.2, -0.15) is 0 Å². The number of rotatable bonds is 3. The molecule has 0 bridgehead atoms. The summed E-state index contributed by atoms with van der Waals surface area (Å²) < 4.78 is 0.642. The fourth-order valence-corrected chi connectivity index (χ4v) is 1.71. The summed E-state index contributed by atoms with van der Waals surface area (Å²) in [5, 5.41) is 18.3. The maximum Gasteiger partial charge on any atom is 0.131 e. The number of aromatic nitrogens is 2. The minimum atomic E-state index is -0.926. The Hall–Kier alpha value is -0.520. The van der Waals surface area contributed by atoms with E-state index in [9.17, 15) is 5.11 Å². The van der Waals surface area contributed by atoms with Crippen LogP contribution >= 0.6 is 15.9 Å². The van der Waals surface area contributed by atoms with Gasteiger partial charge >= 0.3 is 0 Å². The first-order valence-corrected chi connectivity index (χ1v) is 5.33. The molecule has 14 heavy (non-hydrogen) atoms. The lowest BCUT2D eigenvalue weighted by Crippen LogP contribution is -2.08. The van der Waals surface area contributed by atoms with Crippen molar-refractivity contribution in [2.75, 3.05) is 6.61 Å². The van der Waals surface area contributed by atoms with Gasteiger partial charge < -0.3 is 10.2 Å². The largest absolute Gasteiger partial charge is 0.393 e. The Morgan fingerprint density at radius 2 is 2.29 bits per heavy atom. The second-order valence-electron chi connectivity index (χ2n) is 3.43. The molecule has 0 aliphatic heterocycles. The summed E-state index contributed by atoms with van der Waals surface area (Å²) in [6.07, 6.45) is 2.95. The fraction of sp³-hybridized carbons (Fsp3) is 0.556. The Labute approximate surface area is 90.1 Å². The highest BCUT2D eigenvalue weighted by Gasteiger charge is 2.27. The summed E-state index contributed by atoms with van der Waals surface area (Å²) in [4.78, 5) is 8.40. The highest BCUT2D eigenvalue weighted by atomic mass is 79.9. The molecule has 1 saturated carbocycles. The van der Waals surface area contributed by atoms with Crippen molar-refractivity contribution in [1.29, 1.82) is 0 Å². The first kappa shape index (κ1) is 10.0. The van der Waals surface area contributed by atoms with Crippen molar-refractivity contribution in [2.24, 2.45) is 0 Å².